The highest BCUT2D eigenvalue weighted by Gasteiger charge is 2.19. The fourth-order valence-electron chi connectivity index (χ4n) is 3.56. The van der Waals surface area contributed by atoms with Crippen molar-refractivity contribution in [1.82, 2.24) is 19.7 Å². The van der Waals surface area contributed by atoms with E-state index in [1.54, 1.807) is 12.1 Å². The van der Waals surface area contributed by atoms with E-state index >= 15 is 0 Å². The molecule has 1 amide bonds. The Hall–Kier alpha value is -2.49. The second kappa shape index (κ2) is 10.4. The number of carbonyl (C=O) groups excluding carboxylic acids is 1. The summed E-state index contributed by atoms with van der Waals surface area (Å²) in [5.41, 5.74) is 1.14. The third kappa shape index (κ3) is 5.65. The molecule has 0 radical (unpaired) electrons. The summed E-state index contributed by atoms with van der Waals surface area (Å²) in [5.74, 6) is -0.354. The van der Waals surface area contributed by atoms with E-state index in [2.05, 4.69) is 20.4 Å². The lowest BCUT2D eigenvalue weighted by Crippen LogP contribution is -2.30. The minimum atomic E-state index is -0.548. The molecule has 1 fully saturated rings. The number of aromatic nitrogens is 3. The molecule has 2 aromatic carbocycles. The summed E-state index contributed by atoms with van der Waals surface area (Å²) in [6, 6.07) is 10.1. The number of thioether (sulfide) groups is 1. The van der Waals surface area contributed by atoms with Crippen LogP contribution >= 0.6 is 23.4 Å². The van der Waals surface area contributed by atoms with E-state index in [0.29, 0.717) is 17.4 Å². The Bertz CT molecular complexity index is 1090. The summed E-state index contributed by atoms with van der Waals surface area (Å²) >= 11 is 6.99. The molecule has 1 N–H and O–H groups in total. The Balaban J connectivity index is 1.50. The van der Waals surface area contributed by atoms with Crippen molar-refractivity contribution in [3.05, 3.63) is 64.9 Å². The third-order valence-electron chi connectivity index (χ3n) is 5.13. The molecule has 3 aromatic rings. The lowest BCUT2D eigenvalue weighted by molar-refractivity contribution is -0.113. The molecule has 2 heterocycles. The summed E-state index contributed by atoms with van der Waals surface area (Å²) in [5, 5.41) is 11.8. The first kappa shape index (κ1) is 22.7. The van der Waals surface area contributed by atoms with Gasteiger partial charge in [-0.2, -0.15) is 0 Å². The van der Waals surface area contributed by atoms with Gasteiger partial charge in [0.15, 0.2) is 11.0 Å². The molecule has 1 saturated heterocycles. The molecular formula is C22H22ClF2N5OS. The molecule has 1 aliphatic rings. The van der Waals surface area contributed by atoms with Gasteiger partial charge in [-0.15, -0.1) is 10.2 Å². The van der Waals surface area contributed by atoms with E-state index in [-0.39, 0.29) is 22.5 Å². The van der Waals surface area contributed by atoms with Crippen molar-refractivity contribution in [3.63, 3.8) is 0 Å². The first-order chi connectivity index (χ1) is 15.5. The highest BCUT2D eigenvalue weighted by atomic mass is 35.5. The van der Waals surface area contributed by atoms with Crippen LogP contribution in [0, 0.1) is 11.6 Å². The SMILES string of the molecule is O=C(CSc1nnc(CN2CCCCC2)n1-c1ccc(F)cc1)Nc1ccc(F)c(Cl)c1. The fraction of sp³-hybridized carbons (Fsp3) is 0.318. The second-order valence-corrected chi connectivity index (χ2v) is 8.86. The Kier molecular flexibility index (Phi) is 7.39. The van der Waals surface area contributed by atoms with Crippen molar-refractivity contribution in [2.24, 2.45) is 0 Å². The number of piperidine rings is 1. The van der Waals surface area contributed by atoms with Crippen molar-refractivity contribution in [2.75, 3.05) is 24.2 Å². The number of amides is 1. The first-order valence-corrected chi connectivity index (χ1v) is 11.7. The summed E-state index contributed by atoms with van der Waals surface area (Å²) in [6.07, 6.45) is 3.54. The minimum absolute atomic E-state index is 0.0612. The molecule has 168 valence electrons. The van der Waals surface area contributed by atoms with Crippen molar-refractivity contribution in [1.29, 1.82) is 0 Å². The Morgan fingerprint density at radius 1 is 1.06 bits per heavy atom. The summed E-state index contributed by atoms with van der Waals surface area (Å²) < 4.78 is 28.7. The van der Waals surface area contributed by atoms with Crippen LogP contribution in [0.3, 0.4) is 0 Å². The van der Waals surface area contributed by atoms with E-state index in [4.69, 9.17) is 11.6 Å². The molecule has 0 atom stereocenters. The molecule has 1 aliphatic heterocycles. The highest BCUT2D eigenvalue weighted by molar-refractivity contribution is 7.99. The van der Waals surface area contributed by atoms with Gasteiger partial charge in [0.05, 0.1) is 17.3 Å². The third-order valence-corrected chi connectivity index (χ3v) is 6.35. The molecule has 4 rings (SSSR count). The Morgan fingerprint density at radius 2 is 1.81 bits per heavy atom. The summed E-state index contributed by atoms with van der Waals surface area (Å²) in [6.45, 7) is 2.63. The van der Waals surface area contributed by atoms with Crippen LogP contribution in [0.15, 0.2) is 47.6 Å². The van der Waals surface area contributed by atoms with Gasteiger partial charge in [0.2, 0.25) is 5.91 Å². The van der Waals surface area contributed by atoms with E-state index in [1.165, 1.54) is 48.5 Å². The summed E-state index contributed by atoms with van der Waals surface area (Å²) in [7, 11) is 0. The van der Waals surface area contributed by atoms with Crippen molar-refractivity contribution in [3.8, 4) is 5.69 Å². The molecule has 0 saturated carbocycles. The van der Waals surface area contributed by atoms with Gasteiger partial charge >= 0.3 is 0 Å². The molecule has 0 unspecified atom stereocenters. The number of halogens is 3. The Labute approximate surface area is 194 Å². The highest BCUT2D eigenvalue weighted by Crippen LogP contribution is 2.25. The fourth-order valence-corrected chi connectivity index (χ4v) is 4.52. The molecule has 0 bridgehead atoms. The summed E-state index contributed by atoms with van der Waals surface area (Å²) in [4.78, 5) is 14.7. The van der Waals surface area contributed by atoms with Crippen LogP contribution < -0.4 is 5.32 Å². The number of hydrogen-bond donors (Lipinski definition) is 1. The topological polar surface area (TPSA) is 63.1 Å². The molecule has 6 nitrogen and oxygen atoms in total. The molecule has 1 aromatic heterocycles. The maximum atomic E-state index is 13.5. The smallest absolute Gasteiger partial charge is 0.234 e. The van der Waals surface area contributed by atoms with Crippen LogP contribution in [0.25, 0.3) is 5.69 Å². The normalized spacial score (nSPS) is 14.5. The van der Waals surface area contributed by atoms with Crippen LogP contribution in [-0.2, 0) is 11.3 Å². The molecule has 0 aliphatic carbocycles. The minimum Gasteiger partial charge on any atom is -0.325 e. The van der Waals surface area contributed by atoms with Gasteiger partial charge in [0, 0.05) is 11.4 Å². The van der Waals surface area contributed by atoms with Crippen LogP contribution in [0.5, 0.6) is 0 Å². The Morgan fingerprint density at radius 3 is 2.53 bits per heavy atom. The van der Waals surface area contributed by atoms with Gasteiger partial charge < -0.3 is 5.32 Å². The maximum absolute atomic E-state index is 13.5. The number of nitrogens with zero attached hydrogens (tertiary/aromatic N) is 4. The van der Waals surface area contributed by atoms with Crippen LogP contribution in [0.2, 0.25) is 5.02 Å². The predicted molar refractivity (Wildman–Crippen MR) is 121 cm³/mol. The number of anilines is 1. The number of rotatable bonds is 7. The zero-order valence-electron chi connectivity index (χ0n) is 17.2. The number of likely N-dealkylation sites (tertiary alicyclic amines) is 1. The molecular weight excluding hydrogens is 456 g/mol. The van der Waals surface area contributed by atoms with E-state index < -0.39 is 5.82 Å². The van der Waals surface area contributed by atoms with Gasteiger partial charge in [-0.1, -0.05) is 29.8 Å². The van der Waals surface area contributed by atoms with Gasteiger partial charge in [-0.3, -0.25) is 14.3 Å². The first-order valence-electron chi connectivity index (χ1n) is 10.3. The van der Waals surface area contributed by atoms with E-state index in [1.807, 2.05) is 4.57 Å². The lowest BCUT2D eigenvalue weighted by atomic mass is 10.1. The van der Waals surface area contributed by atoms with Gasteiger partial charge in [0.25, 0.3) is 0 Å². The van der Waals surface area contributed by atoms with Gasteiger partial charge in [0.1, 0.15) is 11.6 Å². The number of hydrogen-bond acceptors (Lipinski definition) is 5. The second-order valence-electron chi connectivity index (χ2n) is 7.51. The molecule has 32 heavy (non-hydrogen) atoms. The number of carbonyl (C=O) groups is 1. The number of benzene rings is 2. The van der Waals surface area contributed by atoms with Crippen molar-refractivity contribution < 1.29 is 13.6 Å². The quantitative estimate of drug-likeness (QED) is 0.489. The average Bonchev–Trinajstić information content (AvgIpc) is 3.18. The largest absolute Gasteiger partial charge is 0.325 e. The van der Waals surface area contributed by atoms with Gasteiger partial charge in [-0.25, -0.2) is 8.78 Å². The maximum Gasteiger partial charge on any atom is 0.234 e. The van der Waals surface area contributed by atoms with Crippen LogP contribution in [-0.4, -0.2) is 44.4 Å². The van der Waals surface area contributed by atoms with Crippen molar-refractivity contribution in [2.45, 2.75) is 31.0 Å². The van der Waals surface area contributed by atoms with Gasteiger partial charge in [-0.05, 0) is 68.4 Å². The van der Waals surface area contributed by atoms with Crippen molar-refractivity contribution >= 4 is 35.0 Å². The standard InChI is InChI=1S/C22H22ClF2N5OS/c23-18-12-16(6-9-19(18)25)26-21(31)14-32-22-28-27-20(13-29-10-2-1-3-11-29)30(22)17-7-4-15(24)5-8-17/h4-9,12H,1-3,10-11,13-14H2,(H,26,31). The van der Waals surface area contributed by atoms with Crippen LogP contribution in [0.4, 0.5) is 14.5 Å². The van der Waals surface area contributed by atoms with E-state index in [0.717, 1.165) is 37.4 Å². The van der Waals surface area contributed by atoms with E-state index in [9.17, 15) is 13.6 Å². The zero-order valence-corrected chi connectivity index (χ0v) is 18.8. The van der Waals surface area contributed by atoms with Crippen LogP contribution in [0.1, 0.15) is 25.1 Å². The average molecular weight is 478 g/mol. The predicted octanol–water partition coefficient (Wildman–Crippen LogP) is 4.92. The molecule has 10 heteroatoms. The monoisotopic (exact) mass is 477 g/mol. The zero-order chi connectivity index (χ0) is 22.5. The molecule has 0 spiro atoms. The lowest BCUT2D eigenvalue weighted by Gasteiger charge is -2.26. The number of nitrogens with one attached hydrogen (secondary N) is 1.